The van der Waals surface area contributed by atoms with E-state index in [-0.39, 0.29) is 12.4 Å². The van der Waals surface area contributed by atoms with Crippen molar-refractivity contribution in [1.82, 2.24) is 0 Å². The van der Waals surface area contributed by atoms with Crippen molar-refractivity contribution < 1.29 is 14.9 Å². The van der Waals surface area contributed by atoms with Crippen LogP contribution in [-0.4, -0.2) is 17.5 Å². The van der Waals surface area contributed by atoms with E-state index in [1.807, 2.05) is 0 Å². The topological polar surface area (TPSA) is 45.3 Å². The summed E-state index contributed by atoms with van der Waals surface area (Å²) in [5.41, 5.74) is 0. The molecule has 3 heteroatoms. The Morgan fingerprint density at radius 3 is 1.57 bits per heavy atom. The molecule has 138 valence electrons. The predicted molar refractivity (Wildman–Crippen MR) is 96.1 cm³/mol. The van der Waals surface area contributed by atoms with E-state index in [2.05, 4.69) is 6.92 Å². The monoisotopic (exact) mass is 328 g/mol. The summed E-state index contributed by atoms with van der Waals surface area (Å²) in [6.45, 7) is 2.28. The van der Waals surface area contributed by atoms with Crippen LogP contribution < -0.4 is 0 Å². The van der Waals surface area contributed by atoms with E-state index in [1.165, 1.54) is 83.5 Å². The third-order valence-corrected chi connectivity index (χ3v) is 4.85. The molecule has 0 amide bonds. The summed E-state index contributed by atoms with van der Waals surface area (Å²) in [5.74, 6) is 0. The van der Waals surface area contributed by atoms with Crippen molar-refractivity contribution in [3.8, 4) is 0 Å². The molecule has 1 atom stereocenters. The van der Waals surface area contributed by atoms with Gasteiger partial charge in [-0.1, -0.05) is 90.4 Å². The van der Waals surface area contributed by atoms with Crippen molar-refractivity contribution in [3.63, 3.8) is 0 Å². The van der Waals surface area contributed by atoms with E-state index >= 15 is 0 Å². The van der Waals surface area contributed by atoms with Crippen LogP contribution in [0, 0.1) is 0 Å². The standard InChI is InChI=1S/C20H40O3/c1-2-3-4-5-6-7-8-9-10-11-12-13-14-16-19(21)17-15-18-20-22-23-20/h19-21H,2-18H2,1H3. The van der Waals surface area contributed by atoms with Crippen LogP contribution in [0.3, 0.4) is 0 Å². The third-order valence-electron chi connectivity index (χ3n) is 4.85. The van der Waals surface area contributed by atoms with Gasteiger partial charge in [-0.2, -0.15) is 9.78 Å². The highest BCUT2D eigenvalue weighted by molar-refractivity contribution is 4.59. The number of hydrogen-bond donors (Lipinski definition) is 1. The van der Waals surface area contributed by atoms with Crippen molar-refractivity contribution in [2.24, 2.45) is 0 Å². The minimum absolute atomic E-state index is 0.0264. The van der Waals surface area contributed by atoms with Crippen LogP contribution in [0.4, 0.5) is 0 Å². The molecular formula is C20H40O3. The molecule has 0 bridgehead atoms. The second kappa shape index (κ2) is 15.4. The Morgan fingerprint density at radius 1 is 0.652 bits per heavy atom. The van der Waals surface area contributed by atoms with Crippen LogP contribution in [0.15, 0.2) is 0 Å². The quantitative estimate of drug-likeness (QED) is 0.183. The minimum atomic E-state index is -0.124. The van der Waals surface area contributed by atoms with Gasteiger partial charge in [-0.15, -0.1) is 0 Å². The van der Waals surface area contributed by atoms with E-state index < -0.39 is 0 Å². The smallest absolute Gasteiger partial charge is 0.224 e. The molecule has 0 spiro atoms. The summed E-state index contributed by atoms with van der Waals surface area (Å²) in [5, 5.41) is 9.88. The van der Waals surface area contributed by atoms with Gasteiger partial charge in [0.05, 0.1) is 6.10 Å². The first-order valence-corrected chi connectivity index (χ1v) is 10.3. The molecule has 1 N–H and O–H groups in total. The van der Waals surface area contributed by atoms with E-state index in [0.29, 0.717) is 0 Å². The Morgan fingerprint density at radius 2 is 1.09 bits per heavy atom. The average Bonchev–Trinajstić information content (AvgIpc) is 3.36. The molecule has 0 aliphatic carbocycles. The summed E-state index contributed by atoms with van der Waals surface area (Å²) in [4.78, 5) is 9.38. The second-order valence-corrected chi connectivity index (χ2v) is 7.24. The van der Waals surface area contributed by atoms with Gasteiger partial charge in [-0.05, 0) is 19.3 Å². The molecule has 0 aromatic heterocycles. The van der Waals surface area contributed by atoms with Gasteiger partial charge in [0.2, 0.25) is 6.29 Å². The highest BCUT2D eigenvalue weighted by Crippen LogP contribution is 2.20. The van der Waals surface area contributed by atoms with Gasteiger partial charge in [0.25, 0.3) is 0 Å². The Hall–Kier alpha value is -0.120. The van der Waals surface area contributed by atoms with Crippen LogP contribution >= 0.6 is 0 Å². The Balaban J connectivity index is 1.67. The largest absolute Gasteiger partial charge is 0.393 e. The molecule has 1 rings (SSSR count). The van der Waals surface area contributed by atoms with Gasteiger partial charge in [0.15, 0.2) is 0 Å². The lowest BCUT2D eigenvalue weighted by atomic mass is 10.0. The zero-order chi connectivity index (χ0) is 16.6. The fourth-order valence-corrected chi connectivity index (χ4v) is 3.20. The van der Waals surface area contributed by atoms with Crippen LogP contribution in [0.2, 0.25) is 0 Å². The van der Waals surface area contributed by atoms with Gasteiger partial charge in [0, 0.05) is 6.42 Å². The van der Waals surface area contributed by atoms with Gasteiger partial charge >= 0.3 is 0 Å². The van der Waals surface area contributed by atoms with E-state index in [1.54, 1.807) is 0 Å². The highest BCUT2D eigenvalue weighted by Gasteiger charge is 2.24. The molecule has 0 aromatic carbocycles. The van der Waals surface area contributed by atoms with Crippen molar-refractivity contribution in [2.45, 2.75) is 128 Å². The number of aliphatic hydroxyl groups is 1. The third kappa shape index (κ3) is 15.2. The molecule has 1 aliphatic rings. The Labute approximate surface area is 144 Å². The lowest BCUT2D eigenvalue weighted by molar-refractivity contribution is 0.0850. The van der Waals surface area contributed by atoms with E-state index in [9.17, 15) is 5.11 Å². The molecule has 0 saturated carbocycles. The van der Waals surface area contributed by atoms with Crippen molar-refractivity contribution in [1.29, 1.82) is 0 Å². The zero-order valence-corrected chi connectivity index (χ0v) is 15.4. The summed E-state index contributed by atoms with van der Waals surface area (Å²) >= 11 is 0. The second-order valence-electron chi connectivity index (χ2n) is 7.24. The molecule has 0 aromatic rings. The molecule has 1 heterocycles. The maximum Gasteiger partial charge on any atom is 0.224 e. The first-order chi connectivity index (χ1) is 11.3. The predicted octanol–water partition coefficient (Wildman–Crippen LogP) is 6.29. The number of unbranched alkanes of at least 4 members (excludes halogenated alkanes) is 12. The van der Waals surface area contributed by atoms with Crippen molar-refractivity contribution in [3.05, 3.63) is 0 Å². The molecule has 23 heavy (non-hydrogen) atoms. The molecule has 1 unspecified atom stereocenters. The SMILES string of the molecule is CCCCCCCCCCCCCCCC(O)CCCC1OO1. The molecule has 1 fully saturated rings. The molecule has 3 nitrogen and oxygen atoms in total. The lowest BCUT2D eigenvalue weighted by Gasteiger charge is -2.09. The van der Waals surface area contributed by atoms with Gasteiger partial charge in [0.1, 0.15) is 0 Å². The minimum Gasteiger partial charge on any atom is -0.393 e. The summed E-state index contributed by atoms with van der Waals surface area (Å²) < 4.78 is 0. The summed E-state index contributed by atoms with van der Waals surface area (Å²) in [7, 11) is 0. The van der Waals surface area contributed by atoms with Gasteiger partial charge in [-0.3, -0.25) is 0 Å². The normalized spacial score (nSPS) is 15.9. The van der Waals surface area contributed by atoms with Crippen LogP contribution in [0.5, 0.6) is 0 Å². The molecule has 1 saturated heterocycles. The Kier molecular flexibility index (Phi) is 14.0. The molecule has 0 radical (unpaired) electrons. The van der Waals surface area contributed by atoms with Crippen LogP contribution in [0.25, 0.3) is 0 Å². The fraction of sp³-hybridized carbons (Fsp3) is 1.00. The summed E-state index contributed by atoms with van der Waals surface area (Å²) in [6, 6.07) is 0. The van der Waals surface area contributed by atoms with Gasteiger partial charge in [-0.25, -0.2) is 0 Å². The summed E-state index contributed by atoms with van der Waals surface area (Å²) in [6.07, 6.45) is 21.6. The van der Waals surface area contributed by atoms with Gasteiger partial charge < -0.3 is 5.11 Å². The van der Waals surface area contributed by atoms with Crippen LogP contribution in [0.1, 0.15) is 116 Å². The zero-order valence-electron chi connectivity index (χ0n) is 15.4. The van der Waals surface area contributed by atoms with E-state index in [0.717, 1.165) is 25.7 Å². The van der Waals surface area contributed by atoms with Crippen molar-refractivity contribution in [2.75, 3.05) is 0 Å². The maximum absolute atomic E-state index is 9.88. The molecule has 1 aliphatic heterocycles. The fourth-order valence-electron chi connectivity index (χ4n) is 3.20. The van der Waals surface area contributed by atoms with E-state index in [4.69, 9.17) is 9.78 Å². The van der Waals surface area contributed by atoms with Crippen LogP contribution in [-0.2, 0) is 9.78 Å². The maximum atomic E-state index is 9.88. The first kappa shape index (κ1) is 20.9. The lowest BCUT2D eigenvalue weighted by Crippen LogP contribution is -2.06. The Bertz CT molecular complexity index is 241. The van der Waals surface area contributed by atoms with Crippen molar-refractivity contribution >= 4 is 0 Å². The number of rotatable bonds is 18. The number of aliphatic hydroxyl groups excluding tert-OH is 1. The first-order valence-electron chi connectivity index (χ1n) is 10.3. The molecular weight excluding hydrogens is 288 g/mol. The highest BCUT2D eigenvalue weighted by atomic mass is 17.4. The number of hydrogen-bond acceptors (Lipinski definition) is 3. The average molecular weight is 329 g/mol.